The number of benzene rings is 1. The van der Waals surface area contributed by atoms with Crippen LogP contribution in [0.1, 0.15) is 25.2 Å². The Morgan fingerprint density at radius 3 is 2.57 bits per heavy atom. The zero-order valence-corrected chi connectivity index (χ0v) is 14.6. The van der Waals surface area contributed by atoms with Crippen molar-refractivity contribution in [3.05, 3.63) is 35.6 Å². The Balaban J connectivity index is 1.88. The van der Waals surface area contributed by atoms with Crippen molar-refractivity contribution in [1.82, 2.24) is 15.5 Å². The van der Waals surface area contributed by atoms with E-state index < -0.39 is 0 Å². The predicted octanol–water partition coefficient (Wildman–Crippen LogP) is 2.75. The maximum Gasteiger partial charge on any atom is 0.191 e. The molecule has 0 radical (unpaired) electrons. The maximum absolute atomic E-state index is 5.92. The second-order valence-corrected chi connectivity index (χ2v) is 5.53. The highest BCUT2D eigenvalue weighted by atomic mass is 16.3. The number of aryl methyl sites for hydroxylation is 1. The number of rotatable bonds is 7. The summed E-state index contributed by atoms with van der Waals surface area (Å²) >= 11 is 0. The Kier molecular flexibility index (Phi) is 6.47. The molecule has 0 atom stereocenters. The van der Waals surface area contributed by atoms with Crippen LogP contribution in [0.15, 0.2) is 33.7 Å². The summed E-state index contributed by atoms with van der Waals surface area (Å²) in [5.74, 6) is 1.76. The van der Waals surface area contributed by atoms with Gasteiger partial charge in [-0.3, -0.25) is 4.99 Å². The molecule has 0 aliphatic rings. The molecule has 0 amide bonds. The van der Waals surface area contributed by atoms with Crippen LogP contribution in [0.4, 0.5) is 0 Å². The molecule has 2 N–H and O–H groups in total. The molecule has 2 rings (SSSR count). The van der Waals surface area contributed by atoms with E-state index in [0.29, 0.717) is 6.54 Å². The summed E-state index contributed by atoms with van der Waals surface area (Å²) in [6.07, 6.45) is 0. The molecule has 126 valence electrons. The average molecular weight is 316 g/mol. The van der Waals surface area contributed by atoms with E-state index in [4.69, 9.17) is 4.42 Å². The standard InChI is InChI=1S/C18H28N4O/c1-5-22(6-2)12-11-20-18(19-4)21-13-17-14(3)15-9-7-8-10-16(15)23-17/h7-10H,5-6,11-13H2,1-4H3,(H2,19,20,21). The monoisotopic (exact) mass is 316 g/mol. The fraction of sp³-hybridized carbons (Fsp3) is 0.500. The maximum atomic E-state index is 5.92. The third kappa shape index (κ3) is 4.48. The lowest BCUT2D eigenvalue weighted by atomic mass is 10.1. The molecule has 0 saturated carbocycles. The van der Waals surface area contributed by atoms with Crippen molar-refractivity contribution in [1.29, 1.82) is 0 Å². The van der Waals surface area contributed by atoms with E-state index >= 15 is 0 Å². The van der Waals surface area contributed by atoms with Gasteiger partial charge in [-0.05, 0) is 26.1 Å². The summed E-state index contributed by atoms with van der Waals surface area (Å²) in [5, 5.41) is 7.85. The van der Waals surface area contributed by atoms with Gasteiger partial charge in [-0.2, -0.15) is 0 Å². The van der Waals surface area contributed by atoms with E-state index in [1.807, 2.05) is 18.2 Å². The molecule has 1 aromatic carbocycles. The summed E-state index contributed by atoms with van der Waals surface area (Å²) in [6.45, 7) is 11.1. The lowest BCUT2D eigenvalue weighted by Crippen LogP contribution is -2.41. The van der Waals surface area contributed by atoms with Gasteiger partial charge in [0.05, 0.1) is 6.54 Å². The van der Waals surface area contributed by atoms with E-state index in [2.05, 4.69) is 47.4 Å². The van der Waals surface area contributed by atoms with Crippen LogP contribution < -0.4 is 10.6 Å². The van der Waals surface area contributed by atoms with E-state index in [0.717, 1.165) is 43.5 Å². The van der Waals surface area contributed by atoms with E-state index in [9.17, 15) is 0 Å². The predicted molar refractivity (Wildman–Crippen MR) is 96.9 cm³/mol. The molecular formula is C18H28N4O. The van der Waals surface area contributed by atoms with Crippen LogP contribution in [0.25, 0.3) is 11.0 Å². The molecule has 1 heterocycles. The summed E-state index contributed by atoms with van der Waals surface area (Å²) in [7, 11) is 1.79. The smallest absolute Gasteiger partial charge is 0.191 e. The number of aliphatic imine (C=N–C) groups is 1. The third-order valence-electron chi connectivity index (χ3n) is 4.20. The summed E-state index contributed by atoms with van der Waals surface area (Å²) < 4.78 is 5.92. The molecule has 1 aromatic heterocycles. The molecule has 5 nitrogen and oxygen atoms in total. The highest BCUT2D eigenvalue weighted by Gasteiger charge is 2.10. The summed E-state index contributed by atoms with van der Waals surface area (Å²) in [6, 6.07) is 8.13. The van der Waals surface area contributed by atoms with Gasteiger partial charge in [0.25, 0.3) is 0 Å². The first-order valence-corrected chi connectivity index (χ1v) is 8.33. The van der Waals surface area contributed by atoms with Crippen LogP contribution in [0.3, 0.4) is 0 Å². The van der Waals surface area contributed by atoms with Crippen LogP contribution >= 0.6 is 0 Å². The molecular weight excluding hydrogens is 288 g/mol. The first kappa shape index (κ1) is 17.3. The Morgan fingerprint density at radius 2 is 1.91 bits per heavy atom. The first-order valence-electron chi connectivity index (χ1n) is 8.33. The zero-order chi connectivity index (χ0) is 16.7. The van der Waals surface area contributed by atoms with Gasteiger partial charge in [-0.25, -0.2) is 0 Å². The Bertz CT molecular complexity index is 644. The number of para-hydroxylation sites is 1. The van der Waals surface area contributed by atoms with Gasteiger partial charge in [-0.15, -0.1) is 0 Å². The number of nitrogens with zero attached hydrogens (tertiary/aromatic N) is 2. The van der Waals surface area contributed by atoms with E-state index in [-0.39, 0.29) is 0 Å². The summed E-state index contributed by atoms with van der Waals surface area (Å²) in [4.78, 5) is 6.65. The van der Waals surface area contributed by atoms with Crippen LogP contribution in [0.2, 0.25) is 0 Å². The fourth-order valence-corrected chi connectivity index (χ4v) is 2.65. The van der Waals surface area contributed by atoms with Crippen molar-refractivity contribution in [2.75, 3.05) is 33.2 Å². The number of hydrogen-bond donors (Lipinski definition) is 2. The highest BCUT2D eigenvalue weighted by Crippen LogP contribution is 2.24. The van der Waals surface area contributed by atoms with Crippen LogP contribution in [0.5, 0.6) is 0 Å². The molecule has 0 aliphatic heterocycles. The van der Waals surface area contributed by atoms with E-state index in [1.54, 1.807) is 7.05 Å². The number of likely N-dealkylation sites (N-methyl/N-ethyl adjacent to an activating group) is 1. The van der Waals surface area contributed by atoms with Gasteiger partial charge in [0.15, 0.2) is 5.96 Å². The second kappa shape index (κ2) is 8.58. The highest BCUT2D eigenvalue weighted by molar-refractivity contribution is 5.82. The van der Waals surface area contributed by atoms with Gasteiger partial charge < -0.3 is 20.0 Å². The van der Waals surface area contributed by atoms with Crippen molar-refractivity contribution in [2.45, 2.75) is 27.3 Å². The number of hydrogen-bond acceptors (Lipinski definition) is 3. The molecule has 5 heteroatoms. The van der Waals surface area contributed by atoms with Gasteiger partial charge in [0.1, 0.15) is 11.3 Å². The Morgan fingerprint density at radius 1 is 1.17 bits per heavy atom. The molecule has 2 aromatic rings. The second-order valence-electron chi connectivity index (χ2n) is 5.53. The van der Waals surface area contributed by atoms with Gasteiger partial charge >= 0.3 is 0 Å². The molecule has 0 saturated heterocycles. The number of furan rings is 1. The zero-order valence-electron chi connectivity index (χ0n) is 14.6. The van der Waals surface area contributed by atoms with Gasteiger partial charge in [0.2, 0.25) is 0 Å². The van der Waals surface area contributed by atoms with Crippen molar-refractivity contribution in [3.8, 4) is 0 Å². The lowest BCUT2D eigenvalue weighted by Gasteiger charge is -2.19. The molecule has 0 fully saturated rings. The molecule has 0 unspecified atom stereocenters. The van der Waals surface area contributed by atoms with Crippen molar-refractivity contribution < 1.29 is 4.42 Å². The molecule has 23 heavy (non-hydrogen) atoms. The lowest BCUT2D eigenvalue weighted by molar-refractivity contribution is 0.308. The molecule has 0 aliphatic carbocycles. The van der Waals surface area contributed by atoms with Gasteiger partial charge in [-0.1, -0.05) is 32.0 Å². The normalized spacial score (nSPS) is 12.1. The minimum absolute atomic E-state index is 0.630. The summed E-state index contributed by atoms with van der Waals surface area (Å²) in [5.41, 5.74) is 2.12. The molecule has 0 spiro atoms. The largest absolute Gasteiger partial charge is 0.459 e. The topological polar surface area (TPSA) is 52.8 Å². The number of nitrogens with one attached hydrogen (secondary N) is 2. The quantitative estimate of drug-likeness (QED) is 0.609. The SMILES string of the molecule is CCN(CC)CCNC(=NC)NCc1oc2ccccc2c1C. The van der Waals surface area contributed by atoms with E-state index in [1.165, 1.54) is 10.9 Å². The fourth-order valence-electron chi connectivity index (χ4n) is 2.65. The van der Waals surface area contributed by atoms with Crippen molar-refractivity contribution in [3.63, 3.8) is 0 Å². The molecule has 0 bridgehead atoms. The first-order chi connectivity index (χ1) is 11.2. The Labute approximate surface area is 138 Å². The van der Waals surface area contributed by atoms with Crippen molar-refractivity contribution in [2.24, 2.45) is 4.99 Å². The minimum Gasteiger partial charge on any atom is -0.459 e. The number of fused-ring (bicyclic) bond motifs is 1. The number of guanidine groups is 1. The Hall–Kier alpha value is -2.01. The van der Waals surface area contributed by atoms with Gasteiger partial charge in [0, 0.05) is 31.1 Å². The van der Waals surface area contributed by atoms with Crippen LogP contribution in [0, 0.1) is 6.92 Å². The van der Waals surface area contributed by atoms with Crippen LogP contribution in [-0.4, -0.2) is 44.1 Å². The third-order valence-corrected chi connectivity index (χ3v) is 4.20. The minimum atomic E-state index is 0.630. The van der Waals surface area contributed by atoms with Crippen LogP contribution in [-0.2, 0) is 6.54 Å². The average Bonchev–Trinajstić information content (AvgIpc) is 2.91. The van der Waals surface area contributed by atoms with Crippen molar-refractivity contribution >= 4 is 16.9 Å².